The zero-order valence-electron chi connectivity index (χ0n) is 10.8. The van der Waals surface area contributed by atoms with E-state index in [4.69, 9.17) is 18.9 Å². The number of carbonyl (C=O) groups excluding carboxylic acids is 1. The quantitative estimate of drug-likeness (QED) is 0.429. The summed E-state index contributed by atoms with van der Waals surface area (Å²) in [7, 11) is 0. The van der Waals surface area contributed by atoms with Crippen molar-refractivity contribution < 1.29 is 23.7 Å². The van der Waals surface area contributed by atoms with Crippen LogP contribution in [0.5, 0.6) is 0 Å². The van der Waals surface area contributed by atoms with Crippen LogP contribution in [0.2, 0.25) is 0 Å². The molecule has 0 saturated carbocycles. The number of allylic oxidation sites excluding steroid dienone is 1. The van der Waals surface area contributed by atoms with Crippen molar-refractivity contribution in [1.82, 2.24) is 0 Å². The third-order valence-corrected chi connectivity index (χ3v) is 1.83. The number of rotatable bonds is 3. The maximum absolute atomic E-state index is 11.5. The predicted molar refractivity (Wildman–Crippen MR) is 61.2 cm³/mol. The first-order valence-electron chi connectivity index (χ1n) is 5.64. The van der Waals surface area contributed by atoms with Crippen LogP contribution in [-0.4, -0.2) is 37.7 Å². The number of carbonyl (C=O) groups is 1. The molecule has 5 heteroatoms. The van der Waals surface area contributed by atoms with Crippen LogP contribution in [-0.2, 0) is 23.7 Å². The summed E-state index contributed by atoms with van der Waals surface area (Å²) in [5.41, 5.74) is -0.502. The second-order valence-electron chi connectivity index (χ2n) is 4.78. The molecule has 0 aromatic rings. The van der Waals surface area contributed by atoms with E-state index in [1.54, 1.807) is 6.92 Å². The fourth-order valence-electron chi connectivity index (χ4n) is 1.27. The summed E-state index contributed by atoms with van der Waals surface area (Å²) in [6.45, 7) is 8.58. The minimum atomic E-state index is -0.502. The lowest BCUT2D eigenvalue weighted by molar-refractivity contribution is -0.194. The molecule has 0 bridgehead atoms. The Balaban J connectivity index is 2.39. The van der Waals surface area contributed by atoms with Crippen molar-refractivity contribution in [1.29, 1.82) is 0 Å². The summed E-state index contributed by atoms with van der Waals surface area (Å²) < 4.78 is 21.0. The van der Waals surface area contributed by atoms with E-state index in [1.807, 2.05) is 20.8 Å². The maximum atomic E-state index is 11.5. The van der Waals surface area contributed by atoms with E-state index in [0.717, 1.165) is 0 Å². The molecule has 98 valence electrons. The van der Waals surface area contributed by atoms with Gasteiger partial charge in [-0.05, 0) is 27.7 Å². The fraction of sp³-hybridized carbons (Fsp3) is 0.750. The van der Waals surface area contributed by atoms with E-state index in [9.17, 15) is 4.79 Å². The molecular formula is C12H20O5. The Bertz CT molecular complexity index is 284. The van der Waals surface area contributed by atoms with Gasteiger partial charge in [0.25, 0.3) is 0 Å². The first-order valence-corrected chi connectivity index (χ1v) is 5.64. The largest absolute Gasteiger partial charge is 0.467 e. The molecule has 0 aromatic carbocycles. The molecule has 1 unspecified atom stereocenters. The van der Waals surface area contributed by atoms with E-state index in [2.05, 4.69) is 0 Å². The van der Waals surface area contributed by atoms with Gasteiger partial charge in [0.2, 0.25) is 6.29 Å². The monoisotopic (exact) mass is 244 g/mol. The van der Waals surface area contributed by atoms with Crippen LogP contribution >= 0.6 is 0 Å². The van der Waals surface area contributed by atoms with Crippen LogP contribution in [0.15, 0.2) is 11.8 Å². The van der Waals surface area contributed by atoms with E-state index < -0.39 is 17.9 Å². The van der Waals surface area contributed by atoms with Gasteiger partial charge in [-0.25, -0.2) is 4.79 Å². The normalized spacial score (nSPS) is 22.1. The molecule has 1 atom stereocenters. The fourth-order valence-corrected chi connectivity index (χ4v) is 1.27. The zero-order chi connectivity index (χ0) is 12.9. The Hall–Kier alpha value is -1.07. The van der Waals surface area contributed by atoms with E-state index in [1.165, 1.54) is 6.08 Å². The van der Waals surface area contributed by atoms with E-state index >= 15 is 0 Å². The van der Waals surface area contributed by atoms with Crippen molar-refractivity contribution in [2.45, 2.75) is 39.6 Å². The third-order valence-electron chi connectivity index (χ3n) is 1.83. The summed E-state index contributed by atoms with van der Waals surface area (Å²) in [5, 5.41) is 0. The summed E-state index contributed by atoms with van der Waals surface area (Å²) >= 11 is 0. The van der Waals surface area contributed by atoms with Crippen LogP contribution < -0.4 is 0 Å². The first-order chi connectivity index (χ1) is 7.87. The molecule has 0 N–H and O–H groups in total. The summed E-state index contributed by atoms with van der Waals surface area (Å²) in [4.78, 5) is 11.5. The SMILES string of the molecule is C/C(=C\C(=O)OC(C)(C)C)OC1COCCO1. The van der Waals surface area contributed by atoms with Crippen LogP contribution in [0, 0.1) is 0 Å². The third kappa shape index (κ3) is 6.28. The molecule has 1 rings (SSSR count). The molecule has 0 radical (unpaired) electrons. The van der Waals surface area contributed by atoms with Crippen molar-refractivity contribution in [3.8, 4) is 0 Å². The molecule has 1 fully saturated rings. The topological polar surface area (TPSA) is 54.0 Å². The Morgan fingerprint density at radius 2 is 2.06 bits per heavy atom. The molecule has 0 aromatic heterocycles. The highest BCUT2D eigenvalue weighted by molar-refractivity contribution is 5.82. The van der Waals surface area contributed by atoms with Gasteiger partial charge in [-0.3, -0.25) is 0 Å². The molecule has 0 amide bonds. The highest BCUT2D eigenvalue weighted by atomic mass is 16.7. The molecule has 5 nitrogen and oxygen atoms in total. The average molecular weight is 244 g/mol. The van der Waals surface area contributed by atoms with Crippen molar-refractivity contribution in [2.24, 2.45) is 0 Å². The van der Waals surface area contributed by atoms with Gasteiger partial charge in [0.15, 0.2) is 0 Å². The summed E-state index contributed by atoms with van der Waals surface area (Å²) in [6.07, 6.45) is 0.867. The lowest BCUT2D eigenvalue weighted by Gasteiger charge is -2.24. The first kappa shape index (κ1) is 14.0. The zero-order valence-corrected chi connectivity index (χ0v) is 10.8. The van der Waals surface area contributed by atoms with Gasteiger partial charge in [0.05, 0.1) is 19.3 Å². The molecule has 17 heavy (non-hydrogen) atoms. The van der Waals surface area contributed by atoms with Crippen LogP contribution in [0.4, 0.5) is 0 Å². The summed E-state index contributed by atoms with van der Waals surface area (Å²) in [6, 6.07) is 0. The van der Waals surface area contributed by atoms with Gasteiger partial charge in [0.1, 0.15) is 18.0 Å². The molecule has 0 spiro atoms. The van der Waals surface area contributed by atoms with Crippen molar-refractivity contribution in [3.63, 3.8) is 0 Å². The molecule has 0 aliphatic carbocycles. The van der Waals surface area contributed by atoms with Gasteiger partial charge in [-0.2, -0.15) is 0 Å². The molecule has 1 heterocycles. The number of hydrogen-bond acceptors (Lipinski definition) is 5. The van der Waals surface area contributed by atoms with Crippen LogP contribution in [0.3, 0.4) is 0 Å². The number of esters is 1. The minimum absolute atomic E-state index is 0.375. The van der Waals surface area contributed by atoms with Gasteiger partial charge >= 0.3 is 5.97 Å². The Morgan fingerprint density at radius 1 is 1.35 bits per heavy atom. The van der Waals surface area contributed by atoms with Crippen LogP contribution in [0.25, 0.3) is 0 Å². The average Bonchev–Trinajstić information content (AvgIpc) is 2.15. The Labute approximate surface area is 102 Å². The molecule has 1 saturated heterocycles. The lowest BCUT2D eigenvalue weighted by atomic mass is 10.2. The lowest BCUT2D eigenvalue weighted by Crippen LogP contribution is -2.30. The summed E-state index contributed by atoms with van der Waals surface area (Å²) in [5.74, 6) is 0.0291. The van der Waals surface area contributed by atoms with E-state index in [-0.39, 0.29) is 0 Å². The highest BCUT2D eigenvalue weighted by Gasteiger charge is 2.18. The highest BCUT2D eigenvalue weighted by Crippen LogP contribution is 2.11. The Kier molecular flexibility index (Phi) is 4.96. The van der Waals surface area contributed by atoms with Crippen molar-refractivity contribution >= 4 is 5.97 Å². The second-order valence-corrected chi connectivity index (χ2v) is 4.78. The Morgan fingerprint density at radius 3 is 2.59 bits per heavy atom. The van der Waals surface area contributed by atoms with Gasteiger partial charge < -0.3 is 18.9 Å². The molecule has 1 aliphatic rings. The number of hydrogen-bond donors (Lipinski definition) is 0. The van der Waals surface area contributed by atoms with E-state index in [0.29, 0.717) is 25.6 Å². The van der Waals surface area contributed by atoms with Gasteiger partial charge in [0, 0.05) is 0 Å². The minimum Gasteiger partial charge on any atom is -0.467 e. The molecular weight excluding hydrogens is 224 g/mol. The van der Waals surface area contributed by atoms with Crippen LogP contribution in [0.1, 0.15) is 27.7 Å². The second kappa shape index (κ2) is 6.02. The van der Waals surface area contributed by atoms with Crippen molar-refractivity contribution in [2.75, 3.05) is 19.8 Å². The molecule has 1 aliphatic heterocycles. The van der Waals surface area contributed by atoms with Crippen molar-refractivity contribution in [3.05, 3.63) is 11.8 Å². The smallest absolute Gasteiger partial charge is 0.334 e. The number of ether oxygens (including phenoxy) is 4. The van der Waals surface area contributed by atoms with Gasteiger partial charge in [-0.1, -0.05) is 0 Å². The van der Waals surface area contributed by atoms with Gasteiger partial charge in [-0.15, -0.1) is 0 Å². The predicted octanol–water partition coefficient (Wildman–Crippen LogP) is 1.62. The maximum Gasteiger partial charge on any atom is 0.334 e. The standard InChI is InChI=1S/C12H20O5/c1-9(7-10(13)17-12(2,3)4)16-11-8-14-5-6-15-11/h7,11H,5-6,8H2,1-4H3/b9-7+.